The Hall–Kier alpha value is -2.67. The lowest BCUT2D eigenvalue weighted by atomic mass is 10.1. The van der Waals surface area contributed by atoms with Crippen molar-refractivity contribution in [3.8, 4) is 0 Å². The average molecular weight is 273 g/mol. The second-order valence-electron chi connectivity index (χ2n) is 4.35. The van der Waals surface area contributed by atoms with Crippen molar-refractivity contribution < 1.29 is 9.59 Å². The molecule has 0 unspecified atom stereocenters. The number of anilines is 1. The van der Waals surface area contributed by atoms with E-state index in [0.717, 1.165) is 5.56 Å². The largest absolute Gasteiger partial charge is 0.328 e. The standard InChI is InChI=1S/C13H15N5O2/c1-8-3-5-9(6-4-8)12(19)16-11-10(13(20)17-14)18(2)7-15-11/h3-7H,14H2,1-2H3,(H,16,19)(H,17,20). The first-order chi connectivity index (χ1) is 9.52. The zero-order chi connectivity index (χ0) is 14.7. The van der Waals surface area contributed by atoms with Gasteiger partial charge < -0.3 is 9.88 Å². The molecule has 1 heterocycles. The molecule has 104 valence electrons. The quantitative estimate of drug-likeness (QED) is 0.432. The molecule has 0 aliphatic heterocycles. The van der Waals surface area contributed by atoms with Crippen molar-refractivity contribution in [2.45, 2.75) is 6.92 Å². The van der Waals surface area contributed by atoms with Crippen LogP contribution in [0.5, 0.6) is 0 Å². The van der Waals surface area contributed by atoms with Gasteiger partial charge in [0.2, 0.25) is 0 Å². The fraction of sp³-hybridized carbons (Fsp3) is 0.154. The van der Waals surface area contributed by atoms with Crippen molar-refractivity contribution >= 4 is 17.6 Å². The predicted molar refractivity (Wildman–Crippen MR) is 74.0 cm³/mol. The molecule has 0 radical (unpaired) electrons. The molecule has 0 fully saturated rings. The summed E-state index contributed by atoms with van der Waals surface area (Å²) in [5.41, 5.74) is 3.75. The summed E-state index contributed by atoms with van der Waals surface area (Å²) < 4.78 is 1.48. The van der Waals surface area contributed by atoms with Gasteiger partial charge in [0.15, 0.2) is 11.5 Å². The Kier molecular flexibility index (Phi) is 3.81. The van der Waals surface area contributed by atoms with Gasteiger partial charge in [-0.2, -0.15) is 0 Å². The van der Waals surface area contributed by atoms with Crippen molar-refractivity contribution in [2.75, 3.05) is 5.32 Å². The first-order valence-corrected chi connectivity index (χ1v) is 5.93. The van der Waals surface area contributed by atoms with E-state index in [4.69, 9.17) is 5.84 Å². The average Bonchev–Trinajstić information content (AvgIpc) is 2.79. The number of carbonyl (C=O) groups excluding carboxylic acids is 2. The second-order valence-corrected chi connectivity index (χ2v) is 4.35. The zero-order valence-corrected chi connectivity index (χ0v) is 11.2. The van der Waals surface area contributed by atoms with E-state index in [-0.39, 0.29) is 17.4 Å². The number of nitrogens with one attached hydrogen (secondary N) is 2. The number of benzene rings is 1. The number of nitrogens with two attached hydrogens (primary N) is 1. The summed E-state index contributed by atoms with van der Waals surface area (Å²) in [7, 11) is 1.64. The Balaban J connectivity index is 2.24. The summed E-state index contributed by atoms with van der Waals surface area (Å²) in [6.45, 7) is 1.93. The number of nitrogen functional groups attached to an aromatic ring is 1. The molecule has 0 aliphatic rings. The molecule has 2 amide bonds. The molecule has 0 spiro atoms. The number of hydrazine groups is 1. The first kappa shape index (κ1) is 13.8. The van der Waals surface area contributed by atoms with Crippen LogP contribution in [-0.4, -0.2) is 21.4 Å². The highest BCUT2D eigenvalue weighted by atomic mass is 16.2. The van der Waals surface area contributed by atoms with Gasteiger partial charge in [-0.1, -0.05) is 17.7 Å². The van der Waals surface area contributed by atoms with E-state index >= 15 is 0 Å². The highest BCUT2D eigenvalue weighted by molar-refractivity contribution is 6.07. The van der Waals surface area contributed by atoms with E-state index in [1.807, 2.05) is 24.5 Å². The topological polar surface area (TPSA) is 102 Å². The van der Waals surface area contributed by atoms with Gasteiger partial charge in [-0.3, -0.25) is 15.0 Å². The van der Waals surface area contributed by atoms with Crippen LogP contribution in [0.2, 0.25) is 0 Å². The molecule has 4 N–H and O–H groups in total. The molecule has 0 aliphatic carbocycles. The Morgan fingerprint density at radius 1 is 1.20 bits per heavy atom. The van der Waals surface area contributed by atoms with Crippen LogP contribution < -0.4 is 16.6 Å². The Morgan fingerprint density at radius 3 is 2.45 bits per heavy atom. The van der Waals surface area contributed by atoms with Crippen LogP contribution in [0, 0.1) is 6.92 Å². The van der Waals surface area contributed by atoms with Gasteiger partial charge in [0, 0.05) is 12.6 Å². The van der Waals surface area contributed by atoms with Crippen LogP contribution >= 0.6 is 0 Å². The molecule has 2 aromatic rings. The summed E-state index contributed by atoms with van der Waals surface area (Å²) in [5.74, 6) is 4.41. The summed E-state index contributed by atoms with van der Waals surface area (Å²) in [5, 5.41) is 2.60. The summed E-state index contributed by atoms with van der Waals surface area (Å²) in [4.78, 5) is 27.7. The number of carbonyl (C=O) groups is 2. The lowest BCUT2D eigenvalue weighted by Gasteiger charge is -2.06. The molecule has 0 saturated heterocycles. The molecule has 0 bridgehead atoms. The van der Waals surface area contributed by atoms with Crippen LogP contribution in [0.15, 0.2) is 30.6 Å². The van der Waals surface area contributed by atoms with Gasteiger partial charge in [0.05, 0.1) is 6.33 Å². The van der Waals surface area contributed by atoms with Crippen molar-refractivity contribution in [2.24, 2.45) is 12.9 Å². The number of hydrogen-bond acceptors (Lipinski definition) is 4. The Bertz CT molecular complexity index is 645. The molecule has 2 rings (SSSR count). The minimum Gasteiger partial charge on any atom is -0.328 e. The lowest BCUT2D eigenvalue weighted by molar-refractivity contribution is 0.0946. The number of aryl methyl sites for hydroxylation is 2. The normalized spacial score (nSPS) is 10.2. The molecule has 1 aromatic heterocycles. The third kappa shape index (κ3) is 2.67. The van der Waals surface area contributed by atoms with E-state index in [1.165, 1.54) is 10.9 Å². The lowest BCUT2D eigenvalue weighted by Crippen LogP contribution is -2.32. The second kappa shape index (κ2) is 5.54. The van der Waals surface area contributed by atoms with E-state index in [0.29, 0.717) is 5.56 Å². The molecule has 7 nitrogen and oxygen atoms in total. The zero-order valence-electron chi connectivity index (χ0n) is 11.2. The fourth-order valence-corrected chi connectivity index (χ4v) is 1.74. The van der Waals surface area contributed by atoms with Gasteiger partial charge in [0.1, 0.15) is 0 Å². The molecule has 0 saturated carbocycles. The predicted octanol–water partition coefficient (Wildman–Crippen LogP) is 0.584. The minimum absolute atomic E-state index is 0.168. The Labute approximate surface area is 115 Å². The first-order valence-electron chi connectivity index (χ1n) is 5.93. The number of hydrogen-bond donors (Lipinski definition) is 3. The van der Waals surface area contributed by atoms with Gasteiger partial charge >= 0.3 is 0 Å². The summed E-state index contributed by atoms with van der Waals surface area (Å²) in [6, 6.07) is 7.08. The van der Waals surface area contributed by atoms with Crippen molar-refractivity contribution in [1.82, 2.24) is 15.0 Å². The molecule has 7 heteroatoms. The van der Waals surface area contributed by atoms with Crippen molar-refractivity contribution in [1.29, 1.82) is 0 Å². The van der Waals surface area contributed by atoms with E-state index < -0.39 is 5.91 Å². The molecule has 20 heavy (non-hydrogen) atoms. The third-order valence-corrected chi connectivity index (χ3v) is 2.83. The maximum atomic E-state index is 12.1. The number of rotatable bonds is 3. The highest BCUT2D eigenvalue weighted by Crippen LogP contribution is 2.14. The monoisotopic (exact) mass is 273 g/mol. The SMILES string of the molecule is Cc1ccc(C(=O)Nc2ncn(C)c2C(=O)NN)cc1. The van der Waals surface area contributed by atoms with Gasteiger partial charge in [-0.05, 0) is 19.1 Å². The Morgan fingerprint density at radius 2 is 1.85 bits per heavy atom. The van der Waals surface area contributed by atoms with E-state index in [1.54, 1.807) is 19.2 Å². The summed E-state index contributed by atoms with van der Waals surface area (Å²) in [6.07, 6.45) is 1.43. The minimum atomic E-state index is -0.524. The maximum absolute atomic E-state index is 12.1. The van der Waals surface area contributed by atoms with E-state index in [2.05, 4.69) is 10.3 Å². The number of nitrogens with zero attached hydrogens (tertiary/aromatic N) is 2. The third-order valence-electron chi connectivity index (χ3n) is 2.83. The van der Waals surface area contributed by atoms with Crippen LogP contribution in [0.3, 0.4) is 0 Å². The summed E-state index contributed by atoms with van der Waals surface area (Å²) >= 11 is 0. The smallest absolute Gasteiger partial charge is 0.285 e. The number of amides is 2. The van der Waals surface area contributed by atoms with Gasteiger partial charge in [-0.15, -0.1) is 0 Å². The van der Waals surface area contributed by atoms with Gasteiger partial charge in [-0.25, -0.2) is 10.8 Å². The van der Waals surface area contributed by atoms with Crippen LogP contribution in [-0.2, 0) is 7.05 Å². The maximum Gasteiger partial charge on any atom is 0.285 e. The highest BCUT2D eigenvalue weighted by Gasteiger charge is 2.18. The van der Waals surface area contributed by atoms with Crippen LogP contribution in [0.1, 0.15) is 26.4 Å². The molecular weight excluding hydrogens is 258 g/mol. The number of imidazole rings is 1. The molecule has 1 aromatic carbocycles. The van der Waals surface area contributed by atoms with Crippen LogP contribution in [0.4, 0.5) is 5.82 Å². The fourth-order valence-electron chi connectivity index (χ4n) is 1.74. The van der Waals surface area contributed by atoms with Crippen molar-refractivity contribution in [3.63, 3.8) is 0 Å². The molecule has 0 atom stereocenters. The van der Waals surface area contributed by atoms with E-state index in [9.17, 15) is 9.59 Å². The van der Waals surface area contributed by atoms with Crippen molar-refractivity contribution in [3.05, 3.63) is 47.4 Å². The number of aromatic nitrogens is 2. The molecular formula is C13H15N5O2. The van der Waals surface area contributed by atoms with Gasteiger partial charge in [0.25, 0.3) is 11.8 Å². The van der Waals surface area contributed by atoms with Crippen LogP contribution in [0.25, 0.3) is 0 Å².